The zero-order valence-corrected chi connectivity index (χ0v) is 9.82. The van der Waals surface area contributed by atoms with Gasteiger partial charge < -0.3 is 10.5 Å². The molecule has 2 aromatic rings. The third kappa shape index (κ3) is 2.72. The highest BCUT2D eigenvalue weighted by Crippen LogP contribution is 2.22. The molecule has 0 bridgehead atoms. The lowest BCUT2D eigenvalue weighted by atomic mass is 10.2. The quantitative estimate of drug-likeness (QED) is 0.863. The highest BCUT2D eigenvalue weighted by Gasteiger charge is 2.14. The Bertz CT molecular complexity index is 598. The summed E-state index contributed by atoms with van der Waals surface area (Å²) in [5, 5.41) is 0. The second kappa shape index (κ2) is 5.09. The highest BCUT2D eigenvalue weighted by atomic mass is 19.2. The molecule has 8 heteroatoms. The van der Waals surface area contributed by atoms with Crippen LogP contribution in [0.1, 0.15) is 6.92 Å². The maximum atomic E-state index is 13.1. The first-order chi connectivity index (χ1) is 9.01. The number of aromatic nitrogens is 3. The van der Waals surface area contributed by atoms with Crippen LogP contribution in [-0.4, -0.2) is 21.6 Å². The van der Waals surface area contributed by atoms with Crippen LogP contribution >= 0.6 is 0 Å². The van der Waals surface area contributed by atoms with Crippen molar-refractivity contribution >= 4 is 5.95 Å². The van der Waals surface area contributed by atoms with Crippen molar-refractivity contribution in [3.63, 3.8) is 0 Å². The Morgan fingerprint density at radius 3 is 2.32 bits per heavy atom. The number of ether oxygens (including phenoxy) is 1. The van der Waals surface area contributed by atoms with Gasteiger partial charge in [0.1, 0.15) is 0 Å². The van der Waals surface area contributed by atoms with Crippen molar-refractivity contribution in [2.24, 2.45) is 0 Å². The molecule has 0 saturated carbocycles. The van der Waals surface area contributed by atoms with Crippen molar-refractivity contribution in [1.29, 1.82) is 0 Å². The predicted molar refractivity (Wildman–Crippen MR) is 60.7 cm³/mol. The van der Waals surface area contributed by atoms with Gasteiger partial charge in [0.05, 0.1) is 6.61 Å². The van der Waals surface area contributed by atoms with Crippen molar-refractivity contribution in [2.45, 2.75) is 6.92 Å². The number of halogens is 3. The number of hydrogen-bond acceptors (Lipinski definition) is 5. The number of anilines is 1. The van der Waals surface area contributed by atoms with E-state index in [-0.39, 0.29) is 30.0 Å². The van der Waals surface area contributed by atoms with Gasteiger partial charge in [-0.1, -0.05) is 0 Å². The number of hydrogen-bond donors (Lipinski definition) is 1. The van der Waals surface area contributed by atoms with Crippen molar-refractivity contribution in [3.05, 3.63) is 29.6 Å². The first-order valence-electron chi connectivity index (χ1n) is 5.30. The van der Waals surface area contributed by atoms with E-state index >= 15 is 0 Å². The summed E-state index contributed by atoms with van der Waals surface area (Å²) in [4.78, 5) is 11.2. The molecule has 1 aromatic carbocycles. The lowest BCUT2D eigenvalue weighted by Gasteiger charge is -2.05. The van der Waals surface area contributed by atoms with Gasteiger partial charge >= 0.3 is 6.01 Å². The fourth-order valence-corrected chi connectivity index (χ4v) is 1.38. The van der Waals surface area contributed by atoms with E-state index in [1.165, 1.54) is 0 Å². The molecule has 1 aromatic heterocycles. The molecule has 0 radical (unpaired) electrons. The molecule has 0 fully saturated rings. The van der Waals surface area contributed by atoms with Gasteiger partial charge in [-0.25, -0.2) is 13.2 Å². The average Bonchev–Trinajstić information content (AvgIpc) is 2.35. The van der Waals surface area contributed by atoms with E-state index in [1.54, 1.807) is 6.92 Å². The van der Waals surface area contributed by atoms with Crippen LogP contribution < -0.4 is 10.5 Å². The molecule has 100 valence electrons. The third-order valence-electron chi connectivity index (χ3n) is 2.15. The summed E-state index contributed by atoms with van der Waals surface area (Å²) in [7, 11) is 0. The van der Waals surface area contributed by atoms with E-state index in [2.05, 4.69) is 15.0 Å². The lowest BCUT2D eigenvalue weighted by molar-refractivity contribution is 0.312. The van der Waals surface area contributed by atoms with E-state index in [9.17, 15) is 13.2 Å². The first-order valence-corrected chi connectivity index (χ1v) is 5.30. The molecule has 0 unspecified atom stereocenters. The maximum Gasteiger partial charge on any atom is 0.321 e. The van der Waals surface area contributed by atoms with Gasteiger partial charge in [0.25, 0.3) is 0 Å². The Labute approximate surface area is 106 Å². The smallest absolute Gasteiger partial charge is 0.321 e. The highest BCUT2D eigenvalue weighted by molar-refractivity contribution is 5.56. The molecule has 0 spiro atoms. The summed E-state index contributed by atoms with van der Waals surface area (Å²) >= 11 is 0. The Morgan fingerprint density at radius 1 is 1.11 bits per heavy atom. The number of rotatable bonds is 3. The lowest BCUT2D eigenvalue weighted by Crippen LogP contribution is -2.05. The summed E-state index contributed by atoms with van der Waals surface area (Å²) in [5.41, 5.74) is 5.37. The molecule has 0 aliphatic heterocycles. The van der Waals surface area contributed by atoms with Gasteiger partial charge in [-0.15, -0.1) is 0 Å². The number of nitrogens with zero attached hydrogens (tertiary/aromatic N) is 3. The second-order valence-electron chi connectivity index (χ2n) is 3.49. The van der Waals surface area contributed by atoms with E-state index in [0.717, 1.165) is 12.1 Å². The molecule has 1 heterocycles. The molecule has 0 atom stereocenters. The van der Waals surface area contributed by atoms with Gasteiger partial charge in [0.2, 0.25) is 5.95 Å². The summed E-state index contributed by atoms with van der Waals surface area (Å²) in [6, 6.07) is 1.46. The molecule has 0 aliphatic rings. The number of nitrogen functional groups attached to an aromatic ring is 1. The van der Waals surface area contributed by atoms with Crippen LogP contribution in [0, 0.1) is 17.5 Å². The van der Waals surface area contributed by atoms with Crippen LogP contribution in [0.15, 0.2) is 12.1 Å². The number of benzene rings is 1. The predicted octanol–water partition coefficient (Wildman–Crippen LogP) is 1.94. The van der Waals surface area contributed by atoms with E-state index in [4.69, 9.17) is 10.5 Å². The van der Waals surface area contributed by atoms with Crippen LogP contribution in [0.25, 0.3) is 11.4 Å². The van der Waals surface area contributed by atoms with Crippen LogP contribution in [0.4, 0.5) is 19.1 Å². The molecule has 5 nitrogen and oxygen atoms in total. The zero-order chi connectivity index (χ0) is 14.0. The van der Waals surface area contributed by atoms with Crippen LogP contribution in [0.5, 0.6) is 6.01 Å². The fraction of sp³-hybridized carbons (Fsp3) is 0.182. The molecular weight excluding hydrogens is 261 g/mol. The van der Waals surface area contributed by atoms with Crippen molar-refractivity contribution in [3.8, 4) is 17.4 Å². The SMILES string of the molecule is CCOc1nc(N)nc(-c2cc(F)c(F)c(F)c2)n1. The second-order valence-corrected chi connectivity index (χ2v) is 3.49. The molecule has 0 saturated heterocycles. The minimum absolute atomic E-state index is 0.0635. The maximum absolute atomic E-state index is 13.1. The van der Waals surface area contributed by atoms with Crippen LogP contribution in [-0.2, 0) is 0 Å². The normalized spacial score (nSPS) is 10.5. The topological polar surface area (TPSA) is 73.9 Å². The number of nitrogens with two attached hydrogens (primary N) is 1. The Balaban J connectivity index is 2.52. The molecule has 0 amide bonds. The molecule has 2 N–H and O–H groups in total. The first kappa shape index (κ1) is 13.1. The van der Waals surface area contributed by atoms with Crippen molar-refractivity contribution in [2.75, 3.05) is 12.3 Å². The molecule has 19 heavy (non-hydrogen) atoms. The Kier molecular flexibility index (Phi) is 3.50. The fourth-order valence-electron chi connectivity index (χ4n) is 1.38. The summed E-state index contributed by atoms with van der Waals surface area (Å²) in [6.07, 6.45) is 0. The molecular formula is C11H9F3N4O. The van der Waals surface area contributed by atoms with Crippen molar-refractivity contribution in [1.82, 2.24) is 15.0 Å². The standard InChI is InChI=1S/C11H9F3N4O/c1-2-19-11-17-9(16-10(15)18-11)5-3-6(12)8(14)7(13)4-5/h3-4H,2H2,1H3,(H2,15,16,17,18). The van der Waals surface area contributed by atoms with Gasteiger partial charge in [-0.05, 0) is 19.1 Å². The van der Waals surface area contributed by atoms with E-state index in [0.29, 0.717) is 0 Å². The summed E-state index contributed by atoms with van der Waals surface area (Å²) in [5.74, 6) is -4.51. The van der Waals surface area contributed by atoms with Crippen LogP contribution in [0.3, 0.4) is 0 Å². The Hall–Kier alpha value is -2.38. The third-order valence-corrected chi connectivity index (χ3v) is 2.15. The van der Waals surface area contributed by atoms with Gasteiger partial charge in [-0.3, -0.25) is 0 Å². The van der Waals surface area contributed by atoms with E-state index in [1.807, 2.05) is 0 Å². The largest absolute Gasteiger partial charge is 0.464 e. The van der Waals surface area contributed by atoms with Gasteiger partial charge in [-0.2, -0.15) is 15.0 Å². The van der Waals surface area contributed by atoms with Gasteiger partial charge in [0, 0.05) is 5.56 Å². The molecule has 0 aliphatic carbocycles. The average molecular weight is 270 g/mol. The van der Waals surface area contributed by atoms with Gasteiger partial charge in [0.15, 0.2) is 23.3 Å². The van der Waals surface area contributed by atoms with E-state index < -0.39 is 17.5 Å². The minimum Gasteiger partial charge on any atom is -0.464 e. The summed E-state index contributed by atoms with van der Waals surface area (Å²) in [6.45, 7) is 1.99. The van der Waals surface area contributed by atoms with Crippen LogP contribution in [0.2, 0.25) is 0 Å². The van der Waals surface area contributed by atoms with Crippen molar-refractivity contribution < 1.29 is 17.9 Å². The minimum atomic E-state index is -1.56. The Morgan fingerprint density at radius 2 is 1.74 bits per heavy atom. The molecule has 2 rings (SSSR count). The monoisotopic (exact) mass is 270 g/mol. The zero-order valence-electron chi connectivity index (χ0n) is 9.82. The summed E-state index contributed by atoms with van der Waals surface area (Å²) < 4.78 is 44.1.